The number of hydrogen-bond donors (Lipinski definition) is 1. The van der Waals surface area contributed by atoms with E-state index in [-0.39, 0.29) is 5.91 Å². The summed E-state index contributed by atoms with van der Waals surface area (Å²) in [4.78, 5) is 12.2. The van der Waals surface area contributed by atoms with Crippen molar-refractivity contribution in [1.29, 1.82) is 0 Å². The molecule has 0 saturated heterocycles. The van der Waals surface area contributed by atoms with Crippen LogP contribution < -0.4 is 19.5 Å². The van der Waals surface area contributed by atoms with Gasteiger partial charge in [0.25, 0.3) is 5.91 Å². The minimum atomic E-state index is -0.134. The Balaban J connectivity index is 1.96. The molecule has 1 amide bonds. The van der Waals surface area contributed by atoms with Crippen molar-refractivity contribution in [2.45, 2.75) is 26.3 Å². The zero-order valence-corrected chi connectivity index (χ0v) is 15.0. The molecule has 0 aliphatic carbocycles. The van der Waals surface area contributed by atoms with Gasteiger partial charge in [0, 0.05) is 12.1 Å². The van der Waals surface area contributed by atoms with Crippen LogP contribution in [-0.2, 0) is 6.54 Å². The monoisotopic (exact) mass is 343 g/mol. The van der Waals surface area contributed by atoms with E-state index in [0.29, 0.717) is 24.5 Å². The topological polar surface area (TPSA) is 56.8 Å². The number of carbonyl (C=O) groups is 1. The van der Waals surface area contributed by atoms with Crippen LogP contribution in [0.1, 0.15) is 35.7 Å². The maximum Gasteiger partial charge on any atom is 0.251 e. The maximum atomic E-state index is 12.2. The molecule has 2 rings (SSSR count). The molecule has 134 valence electrons. The maximum absolute atomic E-state index is 12.2. The van der Waals surface area contributed by atoms with E-state index in [4.69, 9.17) is 14.2 Å². The highest BCUT2D eigenvalue weighted by Crippen LogP contribution is 2.28. The summed E-state index contributed by atoms with van der Waals surface area (Å²) in [5.74, 6) is 1.98. The van der Waals surface area contributed by atoms with Gasteiger partial charge < -0.3 is 19.5 Å². The Kier molecular flexibility index (Phi) is 7.14. The fourth-order valence-electron chi connectivity index (χ4n) is 2.29. The van der Waals surface area contributed by atoms with Crippen LogP contribution in [0.5, 0.6) is 17.2 Å². The molecule has 0 heterocycles. The average Bonchev–Trinajstić information content (AvgIpc) is 2.67. The van der Waals surface area contributed by atoms with Crippen molar-refractivity contribution in [3.63, 3.8) is 0 Å². The number of methoxy groups -OCH3 is 2. The van der Waals surface area contributed by atoms with Gasteiger partial charge >= 0.3 is 0 Å². The van der Waals surface area contributed by atoms with E-state index >= 15 is 0 Å². The second-order valence-corrected chi connectivity index (χ2v) is 5.60. The molecule has 0 radical (unpaired) electrons. The lowest BCUT2D eigenvalue weighted by atomic mass is 10.1. The Hall–Kier alpha value is -2.69. The van der Waals surface area contributed by atoms with Crippen LogP contribution in [0, 0.1) is 0 Å². The second kappa shape index (κ2) is 9.57. The van der Waals surface area contributed by atoms with E-state index in [9.17, 15) is 4.79 Å². The van der Waals surface area contributed by atoms with Gasteiger partial charge in [-0.1, -0.05) is 19.4 Å². The zero-order chi connectivity index (χ0) is 18.1. The first-order valence-electron chi connectivity index (χ1n) is 8.40. The Morgan fingerprint density at radius 3 is 2.40 bits per heavy atom. The van der Waals surface area contributed by atoms with Gasteiger partial charge in [0.2, 0.25) is 0 Å². The van der Waals surface area contributed by atoms with E-state index in [1.54, 1.807) is 38.5 Å². The van der Waals surface area contributed by atoms with Crippen LogP contribution in [0.25, 0.3) is 0 Å². The van der Waals surface area contributed by atoms with E-state index in [0.717, 1.165) is 29.9 Å². The minimum Gasteiger partial charge on any atom is -0.497 e. The van der Waals surface area contributed by atoms with Gasteiger partial charge in [0.1, 0.15) is 5.75 Å². The summed E-state index contributed by atoms with van der Waals surface area (Å²) >= 11 is 0. The molecule has 0 fully saturated rings. The van der Waals surface area contributed by atoms with Gasteiger partial charge in [-0.3, -0.25) is 4.79 Å². The van der Waals surface area contributed by atoms with Gasteiger partial charge in [-0.2, -0.15) is 0 Å². The van der Waals surface area contributed by atoms with Crippen molar-refractivity contribution in [3.05, 3.63) is 53.6 Å². The van der Waals surface area contributed by atoms with Gasteiger partial charge in [-0.15, -0.1) is 0 Å². The first-order chi connectivity index (χ1) is 12.2. The Morgan fingerprint density at radius 1 is 1.00 bits per heavy atom. The van der Waals surface area contributed by atoms with Gasteiger partial charge in [0.05, 0.1) is 20.8 Å². The molecular formula is C20H25NO4. The zero-order valence-electron chi connectivity index (χ0n) is 15.0. The highest BCUT2D eigenvalue weighted by molar-refractivity contribution is 5.94. The number of benzene rings is 2. The van der Waals surface area contributed by atoms with Crippen molar-refractivity contribution in [1.82, 2.24) is 5.32 Å². The van der Waals surface area contributed by atoms with E-state index in [2.05, 4.69) is 12.2 Å². The second-order valence-electron chi connectivity index (χ2n) is 5.60. The highest BCUT2D eigenvalue weighted by atomic mass is 16.5. The summed E-state index contributed by atoms with van der Waals surface area (Å²) in [5.41, 5.74) is 1.54. The fourth-order valence-corrected chi connectivity index (χ4v) is 2.29. The summed E-state index contributed by atoms with van der Waals surface area (Å²) in [6, 6.07) is 12.7. The number of amides is 1. The van der Waals surface area contributed by atoms with Crippen LogP contribution >= 0.6 is 0 Å². The Bertz CT molecular complexity index is 683. The standard InChI is InChI=1S/C20H25NO4/c1-4-5-12-25-18-11-6-15(13-19(18)24-3)14-21-20(22)16-7-9-17(23-2)10-8-16/h6-11,13H,4-5,12,14H2,1-3H3,(H,21,22). The molecule has 5 nitrogen and oxygen atoms in total. The van der Waals surface area contributed by atoms with Crippen LogP contribution in [0.4, 0.5) is 0 Å². The molecule has 0 bridgehead atoms. The number of ether oxygens (including phenoxy) is 3. The van der Waals surface area contributed by atoms with Gasteiger partial charge in [0.15, 0.2) is 11.5 Å². The molecule has 0 atom stereocenters. The molecule has 2 aromatic rings. The number of hydrogen-bond acceptors (Lipinski definition) is 4. The van der Waals surface area contributed by atoms with E-state index < -0.39 is 0 Å². The smallest absolute Gasteiger partial charge is 0.251 e. The van der Waals surface area contributed by atoms with Crippen LogP contribution in [0.15, 0.2) is 42.5 Å². The third kappa shape index (κ3) is 5.41. The van der Waals surface area contributed by atoms with Crippen LogP contribution in [-0.4, -0.2) is 26.7 Å². The molecule has 0 unspecified atom stereocenters. The van der Waals surface area contributed by atoms with E-state index in [1.807, 2.05) is 18.2 Å². The summed E-state index contributed by atoms with van der Waals surface area (Å²) in [7, 11) is 3.21. The summed E-state index contributed by atoms with van der Waals surface area (Å²) < 4.78 is 16.2. The first-order valence-corrected chi connectivity index (χ1v) is 8.40. The third-order valence-corrected chi connectivity index (χ3v) is 3.79. The average molecular weight is 343 g/mol. The predicted octanol–water partition coefficient (Wildman–Crippen LogP) is 3.81. The highest BCUT2D eigenvalue weighted by Gasteiger charge is 2.08. The minimum absolute atomic E-state index is 0.134. The summed E-state index contributed by atoms with van der Waals surface area (Å²) in [6.45, 7) is 3.20. The van der Waals surface area contributed by atoms with Gasteiger partial charge in [-0.05, 0) is 48.4 Å². The normalized spacial score (nSPS) is 10.2. The molecule has 0 spiro atoms. The Labute approximate surface area is 148 Å². The number of rotatable bonds is 9. The summed E-state index contributed by atoms with van der Waals surface area (Å²) in [5, 5.41) is 2.90. The third-order valence-electron chi connectivity index (χ3n) is 3.79. The number of unbranched alkanes of at least 4 members (excludes halogenated alkanes) is 1. The molecule has 0 aromatic heterocycles. The fraction of sp³-hybridized carbons (Fsp3) is 0.350. The van der Waals surface area contributed by atoms with Crippen molar-refractivity contribution >= 4 is 5.91 Å². The quantitative estimate of drug-likeness (QED) is 0.704. The SMILES string of the molecule is CCCCOc1ccc(CNC(=O)c2ccc(OC)cc2)cc1OC. The summed E-state index contributed by atoms with van der Waals surface area (Å²) in [6.07, 6.45) is 2.08. The first kappa shape index (κ1) is 18.6. The predicted molar refractivity (Wildman–Crippen MR) is 97.6 cm³/mol. The number of nitrogens with one attached hydrogen (secondary N) is 1. The molecular weight excluding hydrogens is 318 g/mol. The lowest BCUT2D eigenvalue weighted by molar-refractivity contribution is 0.0951. The van der Waals surface area contributed by atoms with Crippen LogP contribution in [0.3, 0.4) is 0 Å². The van der Waals surface area contributed by atoms with Crippen molar-refractivity contribution in [2.75, 3.05) is 20.8 Å². The lowest BCUT2D eigenvalue weighted by Gasteiger charge is -2.12. The molecule has 0 aliphatic rings. The van der Waals surface area contributed by atoms with Gasteiger partial charge in [-0.25, -0.2) is 0 Å². The number of carbonyl (C=O) groups excluding carboxylic acids is 1. The molecule has 0 saturated carbocycles. The van der Waals surface area contributed by atoms with Crippen molar-refractivity contribution < 1.29 is 19.0 Å². The molecule has 5 heteroatoms. The lowest BCUT2D eigenvalue weighted by Crippen LogP contribution is -2.22. The van der Waals surface area contributed by atoms with Crippen molar-refractivity contribution in [3.8, 4) is 17.2 Å². The molecule has 1 N–H and O–H groups in total. The largest absolute Gasteiger partial charge is 0.497 e. The molecule has 0 aliphatic heterocycles. The Morgan fingerprint density at radius 2 is 1.76 bits per heavy atom. The molecule has 25 heavy (non-hydrogen) atoms. The van der Waals surface area contributed by atoms with Crippen molar-refractivity contribution in [2.24, 2.45) is 0 Å². The van der Waals surface area contributed by atoms with Crippen LogP contribution in [0.2, 0.25) is 0 Å². The molecule has 2 aromatic carbocycles. The van der Waals surface area contributed by atoms with E-state index in [1.165, 1.54) is 0 Å².